The van der Waals surface area contributed by atoms with Crippen molar-refractivity contribution in [3.63, 3.8) is 0 Å². The van der Waals surface area contributed by atoms with Crippen molar-refractivity contribution in [3.8, 4) is 0 Å². The summed E-state index contributed by atoms with van der Waals surface area (Å²) < 4.78 is 0. The molecule has 0 radical (unpaired) electrons. The summed E-state index contributed by atoms with van der Waals surface area (Å²) in [4.78, 5) is 15.6. The molecule has 0 fully saturated rings. The lowest BCUT2D eigenvalue weighted by atomic mass is 10.2. The van der Waals surface area contributed by atoms with Gasteiger partial charge in [0.2, 0.25) is 0 Å². The summed E-state index contributed by atoms with van der Waals surface area (Å²) in [6.45, 7) is 4.09. The number of nitro benzene ring substituents is 1. The Morgan fingerprint density at radius 3 is 2.96 bits per heavy atom. The lowest BCUT2D eigenvalue weighted by Crippen LogP contribution is -2.31. The summed E-state index contributed by atoms with van der Waals surface area (Å²) in [6, 6.07) is 10.1. The number of aromatic nitrogens is 1. The lowest BCUT2D eigenvalue weighted by Gasteiger charge is -2.06. The highest BCUT2D eigenvalue weighted by Gasteiger charge is 2.11. The summed E-state index contributed by atoms with van der Waals surface area (Å²) in [5.41, 5.74) is 3.23. The molecule has 0 atom stereocenters. The van der Waals surface area contributed by atoms with Crippen LogP contribution in [0.5, 0.6) is 0 Å². The number of thiocarbonyl (C=S) groups is 1. The Hall–Kier alpha value is -2.78. The van der Waals surface area contributed by atoms with Crippen molar-refractivity contribution in [1.82, 2.24) is 15.7 Å². The van der Waals surface area contributed by atoms with Gasteiger partial charge in [-0.1, -0.05) is 23.9 Å². The summed E-state index contributed by atoms with van der Waals surface area (Å²) in [5.74, 6) is 0. The Morgan fingerprint density at radius 1 is 1.44 bits per heavy atom. The minimum atomic E-state index is -0.448. The Morgan fingerprint density at radius 2 is 2.28 bits per heavy atom. The molecule has 1 aromatic carbocycles. The van der Waals surface area contributed by atoms with E-state index < -0.39 is 4.92 Å². The molecule has 0 saturated carbocycles. The number of rotatable bonds is 7. The van der Waals surface area contributed by atoms with Crippen molar-refractivity contribution in [2.75, 3.05) is 6.54 Å². The maximum atomic E-state index is 11.0. The Bertz CT molecular complexity index is 796. The van der Waals surface area contributed by atoms with Gasteiger partial charge in [-0.15, -0.1) is 6.58 Å². The van der Waals surface area contributed by atoms with Crippen molar-refractivity contribution < 1.29 is 4.92 Å². The number of pyridine rings is 1. The molecule has 25 heavy (non-hydrogen) atoms. The largest absolute Gasteiger partial charge is 0.358 e. The number of hydrogen-bond donors (Lipinski definition) is 2. The van der Waals surface area contributed by atoms with E-state index in [9.17, 15) is 10.1 Å². The van der Waals surface area contributed by atoms with E-state index in [0.717, 1.165) is 9.92 Å². The van der Waals surface area contributed by atoms with Crippen molar-refractivity contribution in [2.45, 2.75) is 9.92 Å². The minimum absolute atomic E-state index is 0.0146. The zero-order valence-electron chi connectivity index (χ0n) is 13.1. The number of hydrogen-bond acceptors (Lipinski definition) is 6. The van der Waals surface area contributed by atoms with Gasteiger partial charge in [-0.2, -0.15) is 5.10 Å². The third-order valence-electron chi connectivity index (χ3n) is 2.83. The van der Waals surface area contributed by atoms with E-state index in [1.54, 1.807) is 18.3 Å². The first-order valence-corrected chi connectivity index (χ1v) is 8.37. The van der Waals surface area contributed by atoms with Gasteiger partial charge in [-0.05, 0) is 30.4 Å². The first-order chi connectivity index (χ1) is 12.1. The summed E-state index contributed by atoms with van der Waals surface area (Å²) in [7, 11) is 0. The predicted molar refractivity (Wildman–Crippen MR) is 103 cm³/mol. The molecule has 1 aromatic heterocycles. The molecule has 0 amide bonds. The van der Waals surface area contributed by atoms with E-state index >= 15 is 0 Å². The van der Waals surface area contributed by atoms with Crippen LogP contribution in [0.15, 0.2) is 70.3 Å². The third kappa shape index (κ3) is 5.98. The average Bonchev–Trinajstić information content (AvgIpc) is 2.62. The smallest absolute Gasteiger partial charge is 0.270 e. The highest BCUT2D eigenvalue weighted by molar-refractivity contribution is 7.99. The zero-order valence-corrected chi connectivity index (χ0v) is 14.7. The van der Waals surface area contributed by atoms with Gasteiger partial charge in [0.25, 0.3) is 5.69 Å². The van der Waals surface area contributed by atoms with E-state index in [4.69, 9.17) is 12.2 Å². The second-order valence-electron chi connectivity index (χ2n) is 4.62. The molecule has 0 saturated heterocycles. The average molecular weight is 373 g/mol. The lowest BCUT2D eigenvalue weighted by molar-refractivity contribution is -0.384. The quantitative estimate of drug-likeness (QED) is 0.253. The molecule has 2 aromatic rings. The van der Waals surface area contributed by atoms with E-state index in [1.807, 2.05) is 18.2 Å². The highest BCUT2D eigenvalue weighted by Crippen LogP contribution is 2.30. The zero-order chi connectivity index (χ0) is 18.1. The second kappa shape index (κ2) is 9.50. The number of nitro groups is 1. The number of hydrazone groups is 1. The van der Waals surface area contributed by atoms with Crippen molar-refractivity contribution >= 4 is 41.0 Å². The molecular formula is C16H15N5O2S2. The van der Waals surface area contributed by atoms with Gasteiger partial charge < -0.3 is 5.32 Å². The van der Waals surface area contributed by atoms with Crippen LogP contribution >= 0.6 is 24.0 Å². The van der Waals surface area contributed by atoms with Crippen LogP contribution in [-0.4, -0.2) is 27.8 Å². The summed E-state index contributed by atoms with van der Waals surface area (Å²) in [5, 5.41) is 19.0. The first kappa shape index (κ1) is 18.6. The molecule has 9 heteroatoms. The molecule has 7 nitrogen and oxygen atoms in total. The van der Waals surface area contributed by atoms with E-state index in [0.29, 0.717) is 17.2 Å². The van der Waals surface area contributed by atoms with Gasteiger partial charge in [-0.25, -0.2) is 4.98 Å². The Balaban J connectivity index is 2.20. The van der Waals surface area contributed by atoms with Gasteiger partial charge in [0, 0.05) is 35.3 Å². The first-order valence-electron chi connectivity index (χ1n) is 7.15. The molecule has 2 N–H and O–H groups in total. The number of nitrogens with one attached hydrogen (secondary N) is 2. The second-order valence-corrected chi connectivity index (χ2v) is 6.09. The van der Waals surface area contributed by atoms with Crippen LogP contribution in [-0.2, 0) is 0 Å². The molecule has 0 unspecified atom stereocenters. The Labute approximate surface area is 154 Å². The van der Waals surface area contributed by atoms with Crippen LogP contribution < -0.4 is 10.7 Å². The van der Waals surface area contributed by atoms with Crippen LogP contribution in [0.4, 0.5) is 5.69 Å². The summed E-state index contributed by atoms with van der Waals surface area (Å²) >= 11 is 6.43. The predicted octanol–water partition coefficient (Wildman–Crippen LogP) is 3.13. The van der Waals surface area contributed by atoms with Crippen LogP contribution in [0.25, 0.3) is 0 Å². The maximum Gasteiger partial charge on any atom is 0.270 e. The van der Waals surface area contributed by atoms with E-state index in [1.165, 1.54) is 30.1 Å². The van der Waals surface area contributed by atoms with Crippen LogP contribution in [0.1, 0.15) is 5.56 Å². The molecule has 128 valence electrons. The maximum absolute atomic E-state index is 11.0. The molecule has 0 bridgehead atoms. The van der Waals surface area contributed by atoms with E-state index in [2.05, 4.69) is 27.4 Å². The van der Waals surface area contributed by atoms with Crippen molar-refractivity contribution in [2.24, 2.45) is 5.10 Å². The molecule has 0 aliphatic heterocycles. The minimum Gasteiger partial charge on any atom is -0.358 e. The van der Waals surface area contributed by atoms with Crippen molar-refractivity contribution in [3.05, 3.63) is 70.9 Å². The van der Waals surface area contributed by atoms with E-state index in [-0.39, 0.29) is 5.69 Å². The molecule has 1 heterocycles. The fourth-order valence-electron chi connectivity index (χ4n) is 1.73. The Kier molecular flexibility index (Phi) is 7.05. The van der Waals surface area contributed by atoms with Gasteiger partial charge in [-0.3, -0.25) is 15.5 Å². The number of nitrogens with zero attached hydrogens (tertiary/aromatic N) is 3. The molecule has 0 aliphatic carbocycles. The summed E-state index contributed by atoms with van der Waals surface area (Å²) in [6.07, 6.45) is 4.84. The fourth-order valence-corrected chi connectivity index (χ4v) is 2.72. The number of benzene rings is 1. The van der Waals surface area contributed by atoms with Crippen molar-refractivity contribution in [1.29, 1.82) is 0 Å². The SMILES string of the molecule is C=CCNC(=S)NN=Cc1cc([N+](=O)[O-])ccc1Sc1ccccn1. The normalized spacial score (nSPS) is 10.4. The third-order valence-corrected chi connectivity index (χ3v) is 4.11. The van der Waals surface area contributed by atoms with Gasteiger partial charge in [0.05, 0.1) is 11.1 Å². The van der Waals surface area contributed by atoms with Crippen LogP contribution in [0.2, 0.25) is 0 Å². The van der Waals surface area contributed by atoms with Gasteiger partial charge >= 0.3 is 0 Å². The van der Waals surface area contributed by atoms with Crippen LogP contribution in [0.3, 0.4) is 0 Å². The highest BCUT2D eigenvalue weighted by atomic mass is 32.2. The number of non-ortho nitro benzene ring substituents is 1. The van der Waals surface area contributed by atoms with Gasteiger partial charge in [0.1, 0.15) is 5.03 Å². The standard InChI is InChI=1S/C16H15N5O2S2/c1-2-8-18-16(24)20-19-11-12-10-13(21(22)23)6-7-14(12)25-15-5-3-4-9-17-15/h2-7,9-11H,1,8H2,(H2,18,20,24). The molecule has 0 spiro atoms. The van der Waals surface area contributed by atoms with Crippen LogP contribution in [0, 0.1) is 10.1 Å². The fraction of sp³-hybridized carbons (Fsp3) is 0.0625. The monoisotopic (exact) mass is 373 g/mol. The molecule has 2 rings (SSSR count). The molecular weight excluding hydrogens is 358 g/mol. The topological polar surface area (TPSA) is 92.5 Å². The molecule has 0 aliphatic rings. The van der Waals surface area contributed by atoms with Gasteiger partial charge in [0.15, 0.2) is 5.11 Å².